The number of halogens is 1. The summed E-state index contributed by atoms with van der Waals surface area (Å²) in [7, 11) is 0. The lowest BCUT2D eigenvalue weighted by Crippen LogP contribution is -2.18. The van der Waals surface area contributed by atoms with Gasteiger partial charge in [0.15, 0.2) is 0 Å². The maximum atomic E-state index is 5.57. The number of nitrogens with one attached hydrogen (secondary N) is 1. The molecular formula is C12H20BrN3. The van der Waals surface area contributed by atoms with Crippen molar-refractivity contribution in [1.29, 1.82) is 0 Å². The van der Waals surface area contributed by atoms with E-state index in [2.05, 4.69) is 39.2 Å². The molecule has 3 N–H and O–H groups in total. The lowest BCUT2D eigenvalue weighted by atomic mass is 10.0. The van der Waals surface area contributed by atoms with Crippen LogP contribution in [0.3, 0.4) is 0 Å². The van der Waals surface area contributed by atoms with Gasteiger partial charge in [-0.1, -0.05) is 13.3 Å². The van der Waals surface area contributed by atoms with Crippen LogP contribution in [0.5, 0.6) is 0 Å². The highest BCUT2D eigenvalue weighted by Crippen LogP contribution is 2.21. The molecule has 0 aromatic carbocycles. The summed E-state index contributed by atoms with van der Waals surface area (Å²) in [5.74, 6) is 1.54. The number of nitrogens with zero attached hydrogens (tertiary/aromatic N) is 1. The lowest BCUT2D eigenvalue weighted by molar-refractivity contribution is 0.501. The Morgan fingerprint density at radius 2 is 2.31 bits per heavy atom. The van der Waals surface area contributed by atoms with Crippen LogP contribution in [0.4, 0.5) is 5.82 Å². The Labute approximate surface area is 106 Å². The molecule has 1 atom stereocenters. The van der Waals surface area contributed by atoms with Gasteiger partial charge in [0.1, 0.15) is 5.82 Å². The second-order valence-electron chi connectivity index (χ2n) is 4.08. The third-order valence-electron chi connectivity index (χ3n) is 2.69. The number of hydrogen-bond acceptors (Lipinski definition) is 3. The molecule has 90 valence electrons. The fourth-order valence-electron chi connectivity index (χ4n) is 1.59. The van der Waals surface area contributed by atoms with Gasteiger partial charge in [0.05, 0.1) is 4.47 Å². The Morgan fingerprint density at radius 3 is 2.88 bits per heavy atom. The van der Waals surface area contributed by atoms with Crippen molar-refractivity contribution in [3.8, 4) is 0 Å². The van der Waals surface area contributed by atoms with Crippen molar-refractivity contribution in [1.82, 2.24) is 4.98 Å². The highest BCUT2D eigenvalue weighted by atomic mass is 79.9. The first-order valence-corrected chi connectivity index (χ1v) is 6.52. The van der Waals surface area contributed by atoms with Crippen LogP contribution in [0, 0.1) is 12.8 Å². The molecule has 0 saturated heterocycles. The van der Waals surface area contributed by atoms with Gasteiger partial charge in [-0.3, -0.25) is 0 Å². The lowest BCUT2D eigenvalue weighted by Gasteiger charge is -2.15. The zero-order chi connectivity index (χ0) is 12.0. The van der Waals surface area contributed by atoms with Crippen molar-refractivity contribution < 1.29 is 0 Å². The molecule has 16 heavy (non-hydrogen) atoms. The number of nitrogens with two attached hydrogens (primary N) is 1. The fraction of sp³-hybridized carbons (Fsp3) is 0.583. The van der Waals surface area contributed by atoms with Crippen molar-refractivity contribution in [2.24, 2.45) is 11.7 Å². The summed E-state index contributed by atoms with van der Waals surface area (Å²) in [5.41, 5.74) is 6.73. The first-order chi connectivity index (χ1) is 7.67. The molecule has 0 aliphatic rings. The van der Waals surface area contributed by atoms with Crippen molar-refractivity contribution in [2.45, 2.75) is 26.7 Å². The molecule has 3 nitrogen and oxygen atoms in total. The molecule has 1 unspecified atom stereocenters. The Kier molecular flexibility index (Phi) is 5.77. The van der Waals surface area contributed by atoms with Crippen molar-refractivity contribution in [3.63, 3.8) is 0 Å². The van der Waals surface area contributed by atoms with Crippen molar-refractivity contribution in [2.75, 3.05) is 18.4 Å². The van der Waals surface area contributed by atoms with Crippen LogP contribution in [0.15, 0.2) is 16.7 Å². The Bertz CT molecular complexity index is 328. The number of pyridine rings is 1. The van der Waals surface area contributed by atoms with Crippen LogP contribution in [0.1, 0.15) is 25.3 Å². The van der Waals surface area contributed by atoms with Crippen LogP contribution in [-0.2, 0) is 0 Å². The van der Waals surface area contributed by atoms with E-state index in [4.69, 9.17) is 5.73 Å². The van der Waals surface area contributed by atoms with Gasteiger partial charge in [0.2, 0.25) is 0 Å². The summed E-state index contributed by atoms with van der Waals surface area (Å²) in [5, 5.41) is 3.36. The van der Waals surface area contributed by atoms with E-state index >= 15 is 0 Å². The van der Waals surface area contributed by atoms with Gasteiger partial charge in [-0.25, -0.2) is 4.98 Å². The van der Waals surface area contributed by atoms with Crippen LogP contribution >= 0.6 is 15.9 Å². The maximum Gasteiger partial charge on any atom is 0.140 e. The molecule has 0 amide bonds. The minimum absolute atomic E-state index is 0.625. The normalized spacial score (nSPS) is 12.5. The van der Waals surface area contributed by atoms with E-state index in [-0.39, 0.29) is 0 Å². The fourth-order valence-corrected chi connectivity index (χ4v) is 2.19. The number of aromatic nitrogens is 1. The first kappa shape index (κ1) is 13.5. The van der Waals surface area contributed by atoms with Gasteiger partial charge in [-0.2, -0.15) is 0 Å². The molecule has 1 aromatic heterocycles. The molecule has 0 radical (unpaired) electrons. The Morgan fingerprint density at radius 1 is 1.56 bits per heavy atom. The van der Waals surface area contributed by atoms with Crippen LogP contribution in [-0.4, -0.2) is 18.1 Å². The predicted molar refractivity (Wildman–Crippen MR) is 72.6 cm³/mol. The topological polar surface area (TPSA) is 50.9 Å². The number of rotatable bonds is 6. The van der Waals surface area contributed by atoms with E-state index in [0.29, 0.717) is 5.92 Å². The van der Waals surface area contributed by atoms with Gasteiger partial charge in [0, 0.05) is 12.7 Å². The quantitative estimate of drug-likeness (QED) is 0.845. The summed E-state index contributed by atoms with van der Waals surface area (Å²) in [6.45, 7) is 5.91. The largest absolute Gasteiger partial charge is 0.369 e. The molecule has 0 bridgehead atoms. The molecule has 1 aromatic rings. The Balaban J connectivity index is 2.53. The zero-order valence-corrected chi connectivity index (χ0v) is 11.5. The van der Waals surface area contributed by atoms with Crippen LogP contribution < -0.4 is 11.1 Å². The monoisotopic (exact) mass is 285 g/mol. The van der Waals surface area contributed by atoms with E-state index in [9.17, 15) is 0 Å². The summed E-state index contributed by atoms with van der Waals surface area (Å²) in [6, 6.07) is 2.07. The van der Waals surface area contributed by atoms with E-state index in [1.54, 1.807) is 0 Å². The third kappa shape index (κ3) is 4.10. The molecule has 0 spiro atoms. The SMILES string of the molecule is CCC(CCN)CNc1ncc(C)cc1Br. The molecule has 0 aliphatic carbocycles. The van der Waals surface area contributed by atoms with Gasteiger partial charge in [0.25, 0.3) is 0 Å². The molecule has 1 rings (SSSR count). The second kappa shape index (κ2) is 6.86. The van der Waals surface area contributed by atoms with Gasteiger partial charge in [-0.05, 0) is 53.4 Å². The van der Waals surface area contributed by atoms with Crippen LogP contribution in [0.2, 0.25) is 0 Å². The number of aryl methyl sites for hydroxylation is 1. The number of hydrogen-bond donors (Lipinski definition) is 2. The van der Waals surface area contributed by atoms with E-state index in [0.717, 1.165) is 41.8 Å². The third-order valence-corrected chi connectivity index (χ3v) is 3.29. The molecule has 4 heteroatoms. The van der Waals surface area contributed by atoms with E-state index in [1.807, 2.05) is 13.1 Å². The minimum atomic E-state index is 0.625. The van der Waals surface area contributed by atoms with Gasteiger partial charge in [-0.15, -0.1) is 0 Å². The molecular weight excluding hydrogens is 266 g/mol. The molecule has 0 fully saturated rings. The highest BCUT2D eigenvalue weighted by molar-refractivity contribution is 9.10. The summed E-state index contributed by atoms with van der Waals surface area (Å²) in [6.07, 6.45) is 4.08. The number of anilines is 1. The summed E-state index contributed by atoms with van der Waals surface area (Å²) >= 11 is 3.51. The molecule has 0 saturated carbocycles. The summed E-state index contributed by atoms with van der Waals surface area (Å²) in [4.78, 5) is 4.35. The van der Waals surface area contributed by atoms with Gasteiger partial charge >= 0.3 is 0 Å². The molecule has 0 aliphatic heterocycles. The maximum absolute atomic E-state index is 5.57. The Hall–Kier alpha value is -0.610. The summed E-state index contributed by atoms with van der Waals surface area (Å²) < 4.78 is 1.02. The van der Waals surface area contributed by atoms with Gasteiger partial charge < -0.3 is 11.1 Å². The van der Waals surface area contributed by atoms with Crippen molar-refractivity contribution >= 4 is 21.7 Å². The molecule has 1 heterocycles. The minimum Gasteiger partial charge on any atom is -0.369 e. The second-order valence-corrected chi connectivity index (χ2v) is 4.93. The standard InChI is InChI=1S/C12H20BrN3/c1-3-10(4-5-14)8-16-12-11(13)6-9(2)7-15-12/h6-7,10H,3-5,8,14H2,1-2H3,(H,15,16). The first-order valence-electron chi connectivity index (χ1n) is 5.73. The van der Waals surface area contributed by atoms with Crippen LogP contribution in [0.25, 0.3) is 0 Å². The predicted octanol–water partition coefficient (Wildman–Crippen LogP) is 2.94. The average molecular weight is 286 g/mol. The van der Waals surface area contributed by atoms with E-state index < -0.39 is 0 Å². The smallest absolute Gasteiger partial charge is 0.140 e. The zero-order valence-electron chi connectivity index (χ0n) is 9.96. The highest BCUT2D eigenvalue weighted by Gasteiger charge is 2.07. The average Bonchev–Trinajstić information content (AvgIpc) is 2.26. The van der Waals surface area contributed by atoms with Crippen molar-refractivity contribution in [3.05, 3.63) is 22.3 Å². The van der Waals surface area contributed by atoms with E-state index in [1.165, 1.54) is 0 Å².